The van der Waals surface area contributed by atoms with E-state index in [1.165, 1.54) is 12.8 Å². The Balaban J connectivity index is 2.18. The van der Waals surface area contributed by atoms with Gasteiger partial charge in [-0.25, -0.2) is 0 Å². The van der Waals surface area contributed by atoms with Crippen LogP contribution < -0.4 is 0 Å². The Morgan fingerprint density at radius 3 is 2.55 bits per heavy atom. The molecular weight excluding hydrogens is 136 g/mol. The zero-order valence-electron chi connectivity index (χ0n) is 7.34. The molecule has 2 aliphatic carbocycles. The molecule has 62 valence electrons. The number of hydrogen-bond acceptors (Lipinski definition) is 1. The third kappa shape index (κ3) is 0.935. The van der Waals surface area contributed by atoms with Crippen molar-refractivity contribution in [2.45, 2.75) is 33.1 Å². The molecule has 0 aromatic carbocycles. The zero-order chi connectivity index (χ0) is 8.01. The van der Waals surface area contributed by atoms with Gasteiger partial charge >= 0.3 is 0 Å². The Kier molecular flexibility index (Phi) is 1.55. The second-order valence-electron chi connectivity index (χ2n) is 4.34. The second-order valence-corrected chi connectivity index (χ2v) is 4.34. The smallest absolute Gasteiger partial charge is 0.136 e. The Morgan fingerprint density at radius 1 is 1.18 bits per heavy atom. The summed E-state index contributed by atoms with van der Waals surface area (Å²) < 4.78 is 0. The zero-order valence-corrected chi connectivity index (χ0v) is 7.34. The minimum absolute atomic E-state index is 0.380. The van der Waals surface area contributed by atoms with Gasteiger partial charge in [0, 0.05) is 12.3 Å². The first kappa shape index (κ1) is 7.33. The van der Waals surface area contributed by atoms with Crippen LogP contribution in [0.15, 0.2) is 0 Å². The van der Waals surface area contributed by atoms with Crippen LogP contribution in [0.1, 0.15) is 33.1 Å². The molecule has 2 aliphatic rings. The lowest BCUT2D eigenvalue weighted by Gasteiger charge is -2.13. The summed E-state index contributed by atoms with van der Waals surface area (Å²) in [6, 6.07) is 0. The molecule has 0 aliphatic heterocycles. The summed E-state index contributed by atoms with van der Waals surface area (Å²) in [4.78, 5) is 11.3. The topological polar surface area (TPSA) is 17.1 Å². The molecule has 0 spiro atoms. The van der Waals surface area contributed by atoms with Gasteiger partial charge in [0.15, 0.2) is 0 Å². The van der Waals surface area contributed by atoms with E-state index in [-0.39, 0.29) is 0 Å². The van der Waals surface area contributed by atoms with Crippen molar-refractivity contribution in [2.75, 3.05) is 0 Å². The molecule has 1 nitrogen and oxygen atoms in total. The first-order valence-corrected chi connectivity index (χ1v) is 4.73. The monoisotopic (exact) mass is 152 g/mol. The fourth-order valence-electron chi connectivity index (χ4n) is 2.94. The molecule has 2 fully saturated rings. The minimum Gasteiger partial charge on any atom is -0.299 e. The van der Waals surface area contributed by atoms with Crippen LogP contribution in [0.3, 0.4) is 0 Å². The molecular formula is C10H16O. The van der Waals surface area contributed by atoms with Crippen LogP contribution in [0.4, 0.5) is 0 Å². The van der Waals surface area contributed by atoms with Crippen LogP contribution >= 0.6 is 0 Å². The van der Waals surface area contributed by atoms with Gasteiger partial charge in [0.2, 0.25) is 0 Å². The lowest BCUT2D eigenvalue weighted by molar-refractivity contribution is -0.121. The quantitative estimate of drug-likeness (QED) is 0.520. The SMILES string of the molecule is C[C@@H]1C(=O)C[C@H]2[C@@H]1CC[C@@H]2C. The summed E-state index contributed by atoms with van der Waals surface area (Å²) in [5, 5.41) is 0. The van der Waals surface area contributed by atoms with E-state index in [0.29, 0.717) is 11.7 Å². The van der Waals surface area contributed by atoms with Crippen molar-refractivity contribution in [1.29, 1.82) is 0 Å². The fraction of sp³-hybridized carbons (Fsp3) is 0.900. The molecule has 0 aromatic heterocycles. The Bertz CT molecular complexity index is 185. The van der Waals surface area contributed by atoms with Crippen molar-refractivity contribution < 1.29 is 4.79 Å². The van der Waals surface area contributed by atoms with Crippen molar-refractivity contribution in [3.05, 3.63) is 0 Å². The molecule has 0 radical (unpaired) electrons. The highest BCUT2D eigenvalue weighted by molar-refractivity contribution is 5.83. The van der Waals surface area contributed by atoms with E-state index in [0.717, 1.165) is 24.2 Å². The van der Waals surface area contributed by atoms with Gasteiger partial charge in [-0.05, 0) is 24.2 Å². The summed E-state index contributed by atoms with van der Waals surface area (Å²) in [5.74, 6) is 3.21. The fourth-order valence-corrected chi connectivity index (χ4v) is 2.94. The van der Waals surface area contributed by atoms with Gasteiger partial charge in [0.25, 0.3) is 0 Å². The molecule has 1 heteroatoms. The Labute approximate surface area is 68.2 Å². The second kappa shape index (κ2) is 2.33. The van der Waals surface area contributed by atoms with Crippen molar-refractivity contribution in [3.63, 3.8) is 0 Å². The maximum absolute atomic E-state index is 11.3. The van der Waals surface area contributed by atoms with Crippen LogP contribution in [-0.2, 0) is 4.79 Å². The summed E-state index contributed by atoms with van der Waals surface area (Å²) in [6.45, 7) is 4.42. The molecule has 4 atom stereocenters. The average molecular weight is 152 g/mol. The number of fused-ring (bicyclic) bond motifs is 1. The molecule has 2 rings (SSSR count). The van der Waals surface area contributed by atoms with Crippen LogP contribution in [-0.4, -0.2) is 5.78 Å². The average Bonchev–Trinajstić information content (AvgIpc) is 2.43. The van der Waals surface area contributed by atoms with E-state index in [4.69, 9.17) is 0 Å². The number of carbonyl (C=O) groups is 1. The number of carbonyl (C=O) groups excluding carboxylic acids is 1. The number of ketones is 1. The molecule has 0 bridgehead atoms. The van der Waals surface area contributed by atoms with Gasteiger partial charge in [0.05, 0.1) is 0 Å². The largest absolute Gasteiger partial charge is 0.299 e. The summed E-state index contributed by atoms with van der Waals surface area (Å²) in [6.07, 6.45) is 3.54. The van der Waals surface area contributed by atoms with Crippen LogP contribution in [0.25, 0.3) is 0 Å². The van der Waals surface area contributed by atoms with Gasteiger partial charge < -0.3 is 0 Å². The molecule has 0 unspecified atom stereocenters. The lowest BCUT2D eigenvalue weighted by Crippen LogP contribution is -2.10. The Morgan fingerprint density at radius 2 is 1.91 bits per heavy atom. The van der Waals surface area contributed by atoms with E-state index in [2.05, 4.69) is 13.8 Å². The van der Waals surface area contributed by atoms with Gasteiger partial charge in [0.1, 0.15) is 5.78 Å². The first-order valence-electron chi connectivity index (χ1n) is 4.73. The van der Waals surface area contributed by atoms with E-state index in [1.807, 2.05) is 0 Å². The molecule has 0 heterocycles. The lowest BCUT2D eigenvalue weighted by atomic mass is 9.91. The van der Waals surface area contributed by atoms with Crippen LogP contribution in [0, 0.1) is 23.7 Å². The highest BCUT2D eigenvalue weighted by Crippen LogP contribution is 2.48. The highest BCUT2D eigenvalue weighted by Gasteiger charge is 2.45. The van der Waals surface area contributed by atoms with Gasteiger partial charge in [-0.1, -0.05) is 20.3 Å². The molecule has 0 amide bonds. The molecule has 11 heavy (non-hydrogen) atoms. The molecule has 0 aromatic rings. The van der Waals surface area contributed by atoms with Crippen LogP contribution in [0.2, 0.25) is 0 Å². The summed E-state index contributed by atoms with van der Waals surface area (Å²) in [7, 11) is 0. The third-order valence-electron chi connectivity index (χ3n) is 3.82. The van der Waals surface area contributed by atoms with Crippen molar-refractivity contribution in [2.24, 2.45) is 23.7 Å². The number of rotatable bonds is 0. The predicted molar refractivity (Wildman–Crippen MR) is 44.2 cm³/mol. The van der Waals surface area contributed by atoms with E-state index in [1.54, 1.807) is 0 Å². The Hall–Kier alpha value is -0.330. The first-order chi connectivity index (χ1) is 5.20. The minimum atomic E-state index is 0.380. The van der Waals surface area contributed by atoms with E-state index >= 15 is 0 Å². The number of hydrogen-bond donors (Lipinski definition) is 0. The van der Waals surface area contributed by atoms with Gasteiger partial charge in [-0.2, -0.15) is 0 Å². The summed E-state index contributed by atoms with van der Waals surface area (Å²) >= 11 is 0. The van der Waals surface area contributed by atoms with Crippen LogP contribution in [0.5, 0.6) is 0 Å². The number of Topliss-reactive ketones (excluding diaryl/α,β-unsaturated/α-hetero) is 1. The third-order valence-corrected chi connectivity index (χ3v) is 3.82. The predicted octanol–water partition coefficient (Wildman–Crippen LogP) is 2.26. The van der Waals surface area contributed by atoms with Gasteiger partial charge in [-0.15, -0.1) is 0 Å². The van der Waals surface area contributed by atoms with Crippen molar-refractivity contribution in [3.8, 4) is 0 Å². The molecule has 0 saturated heterocycles. The summed E-state index contributed by atoms with van der Waals surface area (Å²) in [5.41, 5.74) is 0. The molecule has 0 N–H and O–H groups in total. The van der Waals surface area contributed by atoms with E-state index < -0.39 is 0 Å². The maximum Gasteiger partial charge on any atom is 0.136 e. The van der Waals surface area contributed by atoms with Gasteiger partial charge in [-0.3, -0.25) is 4.79 Å². The van der Waals surface area contributed by atoms with Crippen molar-refractivity contribution in [1.82, 2.24) is 0 Å². The van der Waals surface area contributed by atoms with E-state index in [9.17, 15) is 4.79 Å². The molecule has 2 saturated carbocycles. The van der Waals surface area contributed by atoms with Crippen molar-refractivity contribution >= 4 is 5.78 Å². The standard InChI is InChI=1S/C10H16O/c1-6-3-4-8-7(2)10(11)5-9(6)8/h6-9H,3-5H2,1-2H3/t6-,7-,8+,9+/m0/s1. The maximum atomic E-state index is 11.3. The highest BCUT2D eigenvalue weighted by atomic mass is 16.1. The normalized spacial score (nSPS) is 49.8.